The summed E-state index contributed by atoms with van der Waals surface area (Å²) in [7, 11) is 0. The first-order chi connectivity index (χ1) is 7.83. The van der Waals surface area contributed by atoms with Crippen molar-refractivity contribution in [3.63, 3.8) is 0 Å². The summed E-state index contributed by atoms with van der Waals surface area (Å²) >= 11 is 1.22. The van der Waals surface area contributed by atoms with Crippen molar-refractivity contribution < 1.29 is 24.4 Å². The second-order valence-electron chi connectivity index (χ2n) is 4.63. The SMILES string of the molecule is CCCCCCC1[C]([Hf])=Cc2ccccc21. The van der Waals surface area contributed by atoms with Crippen LogP contribution in [0.25, 0.3) is 6.08 Å². The Morgan fingerprint density at radius 3 is 2.75 bits per heavy atom. The Morgan fingerprint density at radius 1 is 1.12 bits per heavy atom. The Morgan fingerprint density at radius 2 is 1.94 bits per heavy atom. The molecule has 1 aliphatic rings. The van der Waals surface area contributed by atoms with Crippen LogP contribution in [0.15, 0.2) is 27.6 Å². The molecule has 0 bridgehead atoms. The van der Waals surface area contributed by atoms with Crippen molar-refractivity contribution in [1.82, 2.24) is 0 Å². The van der Waals surface area contributed by atoms with Crippen LogP contribution in [0.4, 0.5) is 0 Å². The normalized spacial score (nSPS) is 18.2. The van der Waals surface area contributed by atoms with Gasteiger partial charge in [-0.25, -0.2) is 0 Å². The molecule has 1 atom stereocenters. The molecule has 0 amide bonds. The zero-order chi connectivity index (χ0) is 11.4. The van der Waals surface area contributed by atoms with Crippen molar-refractivity contribution in [2.45, 2.75) is 44.9 Å². The number of unbranched alkanes of at least 4 members (excludes halogenated alkanes) is 3. The number of benzene rings is 1. The predicted octanol–water partition coefficient (Wildman–Crippen LogP) is 4.64. The van der Waals surface area contributed by atoms with Crippen LogP contribution in [-0.4, -0.2) is 0 Å². The fourth-order valence-electron chi connectivity index (χ4n) is 2.48. The summed E-state index contributed by atoms with van der Waals surface area (Å²) in [6, 6.07) is 8.93. The van der Waals surface area contributed by atoms with Gasteiger partial charge < -0.3 is 0 Å². The van der Waals surface area contributed by atoms with Crippen LogP contribution in [0.1, 0.15) is 56.1 Å². The van der Waals surface area contributed by atoms with Crippen molar-refractivity contribution in [3.05, 3.63) is 38.7 Å². The first-order valence-electron chi connectivity index (χ1n) is 6.35. The zero-order valence-electron chi connectivity index (χ0n) is 10.00. The predicted molar refractivity (Wildman–Crippen MR) is 65.9 cm³/mol. The molecule has 1 aromatic carbocycles. The summed E-state index contributed by atoms with van der Waals surface area (Å²) in [4.78, 5) is 0. The van der Waals surface area contributed by atoms with Gasteiger partial charge in [-0.3, -0.25) is 0 Å². The van der Waals surface area contributed by atoms with E-state index in [0.717, 1.165) is 5.92 Å². The number of fused-ring (bicyclic) bond motifs is 1. The summed E-state index contributed by atoms with van der Waals surface area (Å²) in [5.74, 6) is 0.764. The van der Waals surface area contributed by atoms with Crippen LogP contribution in [0.3, 0.4) is 0 Å². The average Bonchev–Trinajstić information content (AvgIpc) is 2.61. The van der Waals surface area contributed by atoms with Crippen molar-refractivity contribution in [1.29, 1.82) is 0 Å². The molecule has 0 radical (unpaired) electrons. The van der Waals surface area contributed by atoms with E-state index in [-0.39, 0.29) is 0 Å². The number of hydrogen-bond acceptors (Lipinski definition) is 0. The Labute approximate surface area is 114 Å². The van der Waals surface area contributed by atoms with Gasteiger partial charge in [0, 0.05) is 0 Å². The summed E-state index contributed by atoms with van der Waals surface area (Å²) in [5, 5.41) is 0. The van der Waals surface area contributed by atoms with E-state index in [4.69, 9.17) is 0 Å². The molecule has 0 aromatic heterocycles. The summed E-state index contributed by atoms with van der Waals surface area (Å²) < 4.78 is 1.69. The third-order valence-corrected chi connectivity index (χ3v) is 5.17. The standard InChI is InChI=1S/C15H19.Hf/c1-2-3-4-5-8-13-11-12-14-9-6-7-10-15(13)14;/h6-7,9-10,12-13H,2-5,8H2,1H3;. The second kappa shape index (κ2) is 5.95. The molecule has 16 heavy (non-hydrogen) atoms. The summed E-state index contributed by atoms with van der Waals surface area (Å²) in [6.07, 6.45) is 9.33. The fraction of sp³-hybridized carbons (Fsp3) is 0.467. The Kier molecular flexibility index (Phi) is 4.57. The molecule has 0 fully saturated rings. The molecule has 0 saturated heterocycles. The molecular weight excluding hydrogens is 359 g/mol. The van der Waals surface area contributed by atoms with Crippen LogP contribution >= 0.6 is 0 Å². The van der Waals surface area contributed by atoms with Crippen molar-refractivity contribution in [2.75, 3.05) is 0 Å². The Hall–Kier alpha value is -0.170. The van der Waals surface area contributed by atoms with E-state index in [2.05, 4.69) is 37.3 Å². The van der Waals surface area contributed by atoms with Gasteiger partial charge in [0.2, 0.25) is 0 Å². The molecule has 1 aliphatic carbocycles. The van der Waals surface area contributed by atoms with Crippen LogP contribution < -0.4 is 0 Å². The molecule has 0 aliphatic heterocycles. The second-order valence-corrected chi connectivity index (χ2v) is 6.70. The molecule has 83 valence electrons. The molecule has 1 unspecified atom stereocenters. The maximum absolute atomic E-state index is 2.42. The molecule has 1 aromatic rings. The maximum atomic E-state index is 2.42. The van der Waals surface area contributed by atoms with Crippen molar-refractivity contribution in [2.24, 2.45) is 0 Å². The van der Waals surface area contributed by atoms with Gasteiger partial charge in [-0.2, -0.15) is 0 Å². The van der Waals surface area contributed by atoms with E-state index < -0.39 is 0 Å². The van der Waals surface area contributed by atoms with Crippen LogP contribution in [-0.2, 0) is 24.4 Å². The Balaban J connectivity index is 1.98. The summed E-state index contributed by atoms with van der Waals surface area (Å²) in [6.45, 7) is 2.28. The number of allylic oxidation sites excluding steroid dienone is 1. The van der Waals surface area contributed by atoms with E-state index >= 15 is 0 Å². The van der Waals surface area contributed by atoms with Crippen molar-refractivity contribution in [3.8, 4) is 0 Å². The van der Waals surface area contributed by atoms with Crippen LogP contribution in [0.2, 0.25) is 0 Å². The summed E-state index contributed by atoms with van der Waals surface area (Å²) in [5.41, 5.74) is 3.07. The molecule has 0 spiro atoms. The first-order valence-corrected chi connectivity index (χ1v) is 8.14. The third kappa shape index (κ3) is 2.74. The van der Waals surface area contributed by atoms with Gasteiger partial charge in [-0.15, -0.1) is 0 Å². The fourth-order valence-corrected chi connectivity index (χ4v) is 4.12. The minimum absolute atomic E-state index is 0.764. The molecule has 0 heterocycles. The molecule has 0 nitrogen and oxygen atoms in total. The van der Waals surface area contributed by atoms with E-state index in [1.807, 2.05) is 0 Å². The van der Waals surface area contributed by atoms with Gasteiger partial charge >= 0.3 is 114 Å². The first kappa shape index (κ1) is 12.3. The van der Waals surface area contributed by atoms with Crippen LogP contribution in [0.5, 0.6) is 0 Å². The minimum atomic E-state index is 0.764. The number of rotatable bonds is 5. The van der Waals surface area contributed by atoms with E-state index in [0.29, 0.717) is 0 Å². The zero-order valence-corrected chi connectivity index (χ0v) is 13.6. The molecular formula is C15H19Hf. The van der Waals surface area contributed by atoms with Gasteiger partial charge in [-0.05, 0) is 0 Å². The van der Waals surface area contributed by atoms with Gasteiger partial charge in [0.1, 0.15) is 0 Å². The monoisotopic (exact) mass is 379 g/mol. The molecule has 2 rings (SSSR count). The molecule has 1 heteroatoms. The molecule has 0 N–H and O–H groups in total. The number of hydrogen-bond donors (Lipinski definition) is 0. The van der Waals surface area contributed by atoms with Gasteiger partial charge in [0.05, 0.1) is 0 Å². The Bertz CT molecular complexity index is 379. The van der Waals surface area contributed by atoms with Crippen LogP contribution in [0, 0.1) is 0 Å². The van der Waals surface area contributed by atoms with E-state index in [9.17, 15) is 0 Å². The van der Waals surface area contributed by atoms with Gasteiger partial charge in [0.15, 0.2) is 0 Å². The quantitative estimate of drug-likeness (QED) is 0.518. The van der Waals surface area contributed by atoms with E-state index in [1.54, 1.807) is 8.89 Å². The molecule has 0 saturated carbocycles. The average molecular weight is 378 g/mol. The van der Waals surface area contributed by atoms with Gasteiger partial charge in [0.25, 0.3) is 0 Å². The third-order valence-electron chi connectivity index (χ3n) is 3.40. The topological polar surface area (TPSA) is 0 Å². The van der Waals surface area contributed by atoms with Crippen molar-refractivity contribution >= 4 is 6.08 Å². The van der Waals surface area contributed by atoms with Gasteiger partial charge in [-0.1, -0.05) is 0 Å². The van der Waals surface area contributed by atoms with E-state index in [1.165, 1.54) is 62.0 Å².